The van der Waals surface area contributed by atoms with Crippen LogP contribution >= 0.6 is 0 Å². The van der Waals surface area contributed by atoms with Gasteiger partial charge in [-0.3, -0.25) is 0 Å². The Balaban J connectivity index is 3.32. The topological polar surface area (TPSA) is 20.2 Å². The second kappa shape index (κ2) is 3.48. The molecule has 1 atom stereocenters. The Morgan fingerprint density at radius 1 is 1.20 bits per heavy atom. The van der Waals surface area contributed by atoms with Crippen molar-refractivity contribution in [1.82, 2.24) is 0 Å². The highest BCUT2D eigenvalue weighted by atomic mass is 19.4. The van der Waals surface area contributed by atoms with Gasteiger partial charge in [-0.15, -0.1) is 0 Å². The predicted octanol–water partition coefficient (Wildman–Crippen LogP) is 2.90. The summed E-state index contributed by atoms with van der Waals surface area (Å²) in [6.07, 6.45) is -4.83. The van der Waals surface area contributed by atoms with Crippen LogP contribution in [0.25, 0.3) is 0 Å². The summed E-state index contributed by atoms with van der Waals surface area (Å²) in [5, 5.41) is 9.34. The predicted molar refractivity (Wildman–Crippen MR) is 46.8 cm³/mol. The summed E-state index contributed by atoms with van der Waals surface area (Å²) in [5.41, 5.74) is -3.30. The van der Waals surface area contributed by atoms with Crippen molar-refractivity contribution < 1.29 is 22.7 Å². The van der Waals surface area contributed by atoms with Gasteiger partial charge in [0.05, 0.1) is 0 Å². The van der Waals surface area contributed by atoms with Crippen LogP contribution in [-0.4, -0.2) is 11.3 Å². The van der Waals surface area contributed by atoms with Crippen LogP contribution in [0.1, 0.15) is 18.1 Å². The number of rotatable bonds is 1. The Morgan fingerprint density at radius 2 is 1.73 bits per heavy atom. The first-order valence-corrected chi connectivity index (χ1v) is 4.22. The van der Waals surface area contributed by atoms with Crippen molar-refractivity contribution in [3.63, 3.8) is 0 Å². The minimum atomic E-state index is -4.83. The number of alkyl halides is 3. The summed E-state index contributed by atoms with van der Waals surface area (Å²) in [6, 6.07) is 2.94. The van der Waals surface area contributed by atoms with E-state index in [4.69, 9.17) is 0 Å². The van der Waals surface area contributed by atoms with E-state index in [1.807, 2.05) is 0 Å². The summed E-state index contributed by atoms with van der Waals surface area (Å²) in [6.45, 7) is 1.99. The normalized spacial score (nSPS) is 16.2. The maximum atomic E-state index is 12.8. The molecule has 0 bridgehead atoms. The average Bonchev–Trinajstić information content (AvgIpc) is 2.07. The molecule has 1 N–H and O–H groups in total. The fraction of sp³-hybridized carbons (Fsp3) is 0.400. The molecule has 1 aromatic carbocycles. The van der Waals surface area contributed by atoms with E-state index in [9.17, 15) is 22.7 Å². The number of aryl methyl sites for hydroxylation is 1. The van der Waals surface area contributed by atoms with E-state index in [2.05, 4.69) is 0 Å². The first-order chi connectivity index (χ1) is 6.66. The van der Waals surface area contributed by atoms with E-state index >= 15 is 0 Å². The molecule has 0 saturated carbocycles. The summed E-state index contributed by atoms with van der Waals surface area (Å²) in [7, 11) is 0. The van der Waals surface area contributed by atoms with E-state index in [1.54, 1.807) is 0 Å². The fourth-order valence-corrected chi connectivity index (χ4v) is 1.27. The monoisotopic (exact) mass is 222 g/mol. The third-order valence-electron chi connectivity index (χ3n) is 2.28. The van der Waals surface area contributed by atoms with Gasteiger partial charge in [0.15, 0.2) is 5.60 Å². The standard InChI is InChI=1S/C10H10F4O/c1-6-3-4-7(11)5-8(6)9(2,15)10(12,13)14/h3-5,15H,1-2H3. The van der Waals surface area contributed by atoms with Crippen molar-refractivity contribution in [2.75, 3.05) is 0 Å². The third-order valence-corrected chi connectivity index (χ3v) is 2.28. The molecule has 15 heavy (non-hydrogen) atoms. The van der Waals surface area contributed by atoms with E-state index in [0.29, 0.717) is 13.0 Å². The smallest absolute Gasteiger partial charge is 0.376 e. The quantitative estimate of drug-likeness (QED) is 0.724. The SMILES string of the molecule is Cc1ccc(F)cc1C(C)(O)C(F)(F)F. The lowest BCUT2D eigenvalue weighted by Gasteiger charge is -2.28. The molecular weight excluding hydrogens is 212 g/mol. The van der Waals surface area contributed by atoms with E-state index < -0.39 is 23.2 Å². The van der Waals surface area contributed by atoms with Crippen LogP contribution < -0.4 is 0 Å². The molecule has 1 aromatic rings. The molecule has 0 heterocycles. The zero-order chi connectivity index (χ0) is 11.9. The highest BCUT2D eigenvalue weighted by Crippen LogP contribution is 2.39. The van der Waals surface area contributed by atoms with E-state index in [1.165, 1.54) is 13.0 Å². The summed E-state index contributed by atoms with van der Waals surface area (Å²) in [4.78, 5) is 0. The molecule has 1 rings (SSSR count). The molecule has 84 valence electrons. The molecule has 0 aliphatic rings. The number of aliphatic hydroxyl groups is 1. The molecular formula is C10H10F4O. The maximum Gasteiger partial charge on any atom is 0.421 e. The van der Waals surface area contributed by atoms with Gasteiger partial charge < -0.3 is 5.11 Å². The largest absolute Gasteiger partial charge is 0.421 e. The Kier molecular flexibility index (Phi) is 2.78. The van der Waals surface area contributed by atoms with Crippen molar-refractivity contribution in [3.8, 4) is 0 Å². The molecule has 0 saturated heterocycles. The van der Waals surface area contributed by atoms with Crippen LogP contribution in [0.4, 0.5) is 17.6 Å². The Labute approximate surface area is 84.3 Å². The van der Waals surface area contributed by atoms with Gasteiger partial charge in [0.2, 0.25) is 0 Å². The van der Waals surface area contributed by atoms with Crippen LogP contribution in [0.3, 0.4) is 0 Å². The molecule has 0 aliphatic heterocycles. The molecule has 0 aliphatic carbocycles. The van der Waals surface area contributed by atoms with Gasteiger partial charge in [0.25, 0.3) is 0 Å². The lowest BCUT2D eigenvalue weighted by Crippen LogP contribution is -2.39. The molecule has 5 heteroatoms. The number of hydrogen-bond donors (Lipinski definition) is 1. The zero-order valence-electron chi connectivity index (χ0n) is 8.19. The molecule has 0 amide bonds. The highest BCUT2D eigenvalue weighted by molar-refractivity contribution is 5.32. The van der Waals surface area contributed by atoms with Crippen molar-refractivity contribution in [3.05, 3.63) is 35.1 Å². The summed E-state index contributed by atoms with van der Waals surface area (Å²) < 4.78 is 50.2. The second-order valence-electron chi connectivity index (χ2n) is 3.53. The third kappa shape index (κ3) is 2.12. The lowest BCUT2D eigenvalue weighted by atomic mass is 9.91. The van der Waals surface area contributed by atoms with Crippen LogP contribution in [0.2, 0.25) is 0 Å². The highest BCUT2D eigenvalue weighted by Gasteiger charge is 2.51. The number of hydrogen-bond acceptors (Lipinski definition) is 1. The van der Waals surface area contributed by atoms with Crippen LogP contribution in [0, 0.1) is 12.7 Å². The van der Waals surface area contributed by atoms with Gasteiger partial charge in [-0.05, 0) is 37.1 Å². The van der Waals surface area contributed by atoms with Gasteiger partial charge >= 0.3 is 6.18 Å². The molecule has 1 nitrogen and oxygen atoms in total. The molecule has 0 fully saturated rings. The molecule has 0 radical (unpaired) electrons. The van der Waals surface area contributed by atoms with Crippen molar-refractivity contribution >= 4 is 0 Å². The van der Waals surface area contributed by atoms with Crippen LogP contribution in [0.15, 0.2) is 18.2 Å². The van der Waals surface area contributed by atoms with Crippen molar-refractivity contribution in [1.29, 1.82) is 0 Å². The van der Waals surface area contributed by atoms with Crippen LogP contribution in [0.5, 0.6) is 0 Å². The van der Waals surface area contributed by atoms with Gasteiger partial charge in [0, 0.05) is 0 Å². The first kappa shape index (κ1) is 12.0. The van der Waals surface area contributed by atoms with Crippen molar-refractivity contribution in [2.24, 2.45) is 0 Å². The van der Waals surface area contributed by atoms with Gasteiger partial charge in [-0.25, -0.2) is 4.39 Å². The summed E-state index contributed by atoms with van der Waals surface area (Å²) in [5.74, 6) is -0.805. The zero-order valence-corrected chi connectivity index (χ0v) is 8.19. The molecule has 0 aromatic heterocycles. The van der Waals surface area contributed by atoms with Gasteiger partial charge in [0.1, 0.15) is 5.82 Å². The Bertz CT molecular complexity index is 368. The van der Waals surface area contributed by atoms with Crippen molar-refractivity contribution in [2.45, 2.75) is 25.6 Å². The van der Waals surface area contributed by atoms with Crippen LogP contribution in [-0.2, 0) is 5.60 Å². The molecule has 0 spiro atoms. The average molecular weight is 222 g/mol. The second-order valence-corrected chi connectivity index (χ2v) is 3.53. The Hall–Kier alpha value is -1.10. The maximum absolute atomic E-state index is 12.8. The van der Waals surface area contributed by atoms with Gasteiger partial charge in [-0.2, -0.15) is 13.2 Å². The van der Waals surface area contributed by atoms with Gasteiger partial charge in [-0.1, -0.05) is 6.07 Å². The van der Waals surface area contributed by atoms with E-state index in [0.717, 1.165) is 6.07 Å². The minimum Gasteiger partial charge on any atom is -0.376 e. The fourth-order valence-electron chi connectivity index (χ4n) is 1.27. The number of benzene rings is 1. The minimum absolute atomic E-state index is 0.193. The first-order valence-electron chi connectivity index (χ1n) is 4.22. The number of halogens is 4. The Morgan fingerprint density at radius 3 is 2.20 bits per heavy atom. The lowest BCUT2D eigenvalue weighted by molar-refractivity contribution is -0.259. The van der Waals surface area contributed by atoms with E-state index in [-0.39, 0.29) is 5.56 Å². The summed E-state index contributed by atoms with van der Waals surface area (Å²) >= 11 is 0. The molecule has 1 unspecified atom stereocenters.